The van der Waals surface area contributed by atoms with E-state index in [0.717, 1.165) is 19.3 Å². The summed E-state index contributed by atoms with van der Waals surface area (Å²) < 4.78 is 25.4. The lowest BCUT2D eigenvalue weighted by Gasteiger charge is -2.33. The summed E-state index contributed by atoms with van der Waals surface area (Å²) in [5.74, 6) is 0.175. The smallest absolute Gasteiger partial charge is 0.289 e. The maximum absolute atomic E-state index is 13.6. The van der Waals surface area contributed by atoms with E-state index in [9.17, 15) is 14.3 Å². The summed E-state index contributed by atoms with van der Waals surface area (Å²) in [5.41, 5.74) is 1.07. The minimum absolute atomic E-state index is 0.176. The summed E-state index contributed by atoms with van der Waals surface area (Å²) in [7, 11) is 1.67. The van der Waals surface area contributed by atoms with Crippen molar-refractivity contribution in [2.75, 3.05) is 7.05 Å². The molecule has 30 heavy (non-hydrogen) atoms. The van der Waals surface area contributed by atoms with Crippen molar-refractivity contribution < 1.29 is 23.4 Å². The standard InChI is InChI=1S/C24H26FNO4/c1-15-18-14-16(25)12-13-20(18)30-23(15)24(28)26(2)19-10-6-7-11-21(22(19)27)29-17-8-4-3-5-9-17/h3-5,8-9,12-14,19,21-22,27H,6-7,10-11H2,1-2H3/t19-,21-,22-/m1/s1. The van der Waals surface area contributed by atoms with Gasteiger partial charge in [0.2, 0.25) is 0 Å². The highest BCUT2D eigenvalue weighted by atomic mass is 19.1. The molecule has 6 heteroatoms. The molecular formula is C24H26FNO4. The molecular weight excluding hydrogens is 385 g/mol. The fraction of sp³-hybridized carbons (Fsp3) is 0.375. The molecule has 5 nitrogen and oxygen atoms in total. The van der Waals surface area contributed by atoms with Crippen LogP contribution in [0.4, 0.5) is 4.39 Å². The number of carbonyl (C=O) groups excluding carboxylic acids is 1. The predicted octanol–water partition coefficient (Wildman–Crippen LogP) is 4.70. The maximum Gasteiger partial charge on any atom is 0.289 e. The van der Waals surface area contributed by atoms with E-state index in [-0.39, 0.29) is 17.5 Å². The minimum Gasteiger partial charge on any atom is -0.488 e. The number of aliphatic hydroxyl groups is 1. The molecule has 0 saturated heterocycles. The van der Waals surface area contributed by atoms with Crippen molar-refractivity contribution in [2.45, 2.75) is 50.9 Å². The quantitative estimate of drug-likeness (QED) is 0.632. The zero-order valence-electron chi connectivity index (χ0n) is 17.2. The number of carbonyl (C=O) groups is 1. The van der Waals surface area contributed by atoms with Gasteiger partial charge in [0.1, 0.15) is 29.4 Å². The molecule has 1 aliphatic rings. The van der Waals surface area contributed by atoms with E-state index in [1.807, 2.05) is 30.3 Å². The Morgan fingerprint density at radius 1 is 1.17 bits per heavy atom. The van der Waals surface area contributed by atoms with E-state index in [2.05, 4.69) is 0 Å². The van der Waals surface area contributed by atoms with Gasteiger partial charge in [-0.2, -0.15) is 0 Å². The molecule has 158 valence electrons. The molecule has 0 bridgehead atoms. The van der Waals surface area contributed by atoms with Gasteiger partial charge < -0.3 is 19.2 Å². The molecule has 3 atom stereocenters. The van der Waals surface area contributed by atoms with E-state index in [1.165, 1.54) is 18.2 Å². The van der Waals surface area contributed by atoms with E-state index in [1.54, 1.807) is 18.9 Å². The number of fused-ring (bicyclic) bond motifs is 1. The Hall–Kier alpha value is -2.86. The Kier molecular flexibility index (Phi) is 5.77. The average molecular weight is 411 g/mol. The number of aliphatic hydroxyl groups excluding tert-OH is 1. The molecule has 1 amide bonds. The second-order valence-corrected chi connectivity index (χ2v) is 7.92. The van der Waals surface area contributed by atoms with Gasteiger partial charge in [0.15, 0.2) is 5.76 Å². The van der Waals surface area contributed by atoms with Crippen LogP contribution in [-0.2, 0) is 0 Å². The van der Waals surface area contributed by atoms with Crippen molar-refractivity contribution in [1.29, 1.82) is 0 Å². The van der Waals surface area contributed by atoms with Crippen molar-refractivity contribution in [3.63, 3.8) is 0 Å². The number of para-hydroxylation sites is 1. The second kappa shape index (κ2) is 8.48. The zero-order chi connectivity index (χ0) is 21.3. The molecule has 0 spiro atoms. The number of hydrogen-bond acceptors (Lipinski definition) is 4. The summed E-state index contributed by atoms with van der Waals surface area (Å²) >= 11 is 0. The number of aryl methyl sites for hydroxylation is 1. The Morgan fingerprint density at radius 3 is 2.67 bits per heavy atom. The lowest BCUT2D eigenvalue weighted by atomic mass is 10.0. The number of benzene rings is 2. The monoisotopic (exact) mass is 411 g/mol. The van der Waals surface area contributed by atoms with Crippen LogP contribution in [0.1, 0.15) is 41.8 Å². The summed E-state index contributed by atoms with van der Waals surface area (Å²) in [5, 5.41) is 11.7. The number of ether oxygens (including phenoxy) is 1. The van der Waals surface area contributed by atoms with Crippen LogP contribution < -0.4 is 4.74 Å². The van der Waals surface area contributed by atoms with Gasteiger partial charge in [-0.1, -0.05) is 24.6 Å². The first-order valence-electron chi connectivity index (χ1n) is 10.3. The Bertz CT molecular complexity index is 1030. The zero-order valence-corrected chi connectivity index (χ0v) is 17.2. The van der Waals surface area contributed by atoms with Gasteiger partial charge in [-0.3, -0.25) is 4.79 Å². The molecule has 4 rings (SSSR count). The van der Waals surface area contributed by atoms with Gasteiger partial charge in [0, 0.05) is 18.0 Å². The lowest BCUT2D eigenvalue weighted by Crippen LogP contribution is -2.50. The molecule has 1 fully saturated rings. The largest absolute Gasteiger partial charge is 0.488 e. The SMILES string of the molecule is Cc1c(C(=O)N(C)[C@@H]2CCCC[C@@H](Oc3ccccc3)[C@@H]2O)oc2ccc(F)cc12. The normalized spacial score (nSPS) is 21.9. The first-order chi connectivity index (χ1) is 14.5. The van der Waals surface area contributed by atoms with E-state index in [0.29, 0.717) is 28.7 Å². The average Bonchev–Trinajstić information content (AvgIpc) is 2.96. The summed E-state index contributed by atoms with van der Waals surface area (Å²) in [6.07, 6.45) is 1.96. The number of furan rings is 1. The number of likely N-dealkylation sites (N-methyl/N-ethyl adjacent to an activating group) is 1. The molecule has 1 N–H and O–H groups in total. The van der Waals surface area contributed by atoms with E-state index in [4.69, 9.17) is 9.15 Å². The van der Waals surface area contributed by atoms with Crippen LogP contribution in [-0.4, -0.2) is 41.2 Å². The van der Waals surface area contributed by atoms with Crippen LogP contribution in [0.2, 0.25) is 0 Å². The highest BCUT2D eigenvalue weighted by Gasteiger charge is 2.37. The van der Waals surface area contributed by atoms with Crippen molar-refractivity contribution in [3.8, 4) is 5.75 Å². The molecule has 1 heterocycles. The molecule has 2 aromatic carbocycles. The summed E-state index contributed by atoms with van der Waals surface area (Å²) in [4.78, 5) is 14.8. The Balaban J connectivity index is 1.57. The van der Waals surface area contributed by atoms with Crippen molar-refractivity contribution in [1.82, 2.24) is 4.90 Å². The number of hydrogen-bond donors (Lipinski definition) is 1. The molecule has 0 unspecified atom stereocenters. The first-order valence-corrected chi connectivity index (χ1v) is 10.3. The third-order valence-electron chi connectivity index (χ3n) is 5.95. The van der Waals surface area contributed by atoms with Gasteiger partial charge in [0.05, 0.1) is 6.04 Å². The van der Waals surface area contributed by atoms with Crippen LogP contribution in [0.15, 0.2) is 52.9 Å². The lowest BCUT2D eigenvalue weighted by molar-refractivity contribution is -0.0150. The van der Waals surface area contributed by atoms with Gasteiger partial charge in [-0.15, -0.1) is 0 Å². The number of rotatable bonds is 4. The summed E-state index contributed by atoms with van der Waals surface area (Å²) in [6.45, 7) is 1.75. The van der Waals surface area contributed by atoms with Crippen LogP contribution in [0, 0.1) is 12.7 Å². The van der Waals surface area contributed by atoms with E-state index >= 15 is 0 Å². The van der Waals surface area contributed by atoms with Gasteiger partial charge in [0.25, 0.3) is 5.91 Å². The van der Waals surface area contributed by atoms with Gasteiger partial charge in [-0.25, -0.2) is 4.39 Å². The first kappa shape index (κ1) is 20.4. The molecule has 1 saturated carbocycles. The van der Waals surface area contributed by atoms with Crippen molar-refractivity contribution in [3.05, 3.63) is 65.7 Å². The highest BCUT2D eigenvalue weighted by Crippen LogP contribution is 2.30. The van der Waals surface area contributed by atoms with Crippen LogP contribution in [0.3, 0.4) is 0 Å². The Morgan fingerprint density at radius 2 is 1.90 bits per heavy atom. The second-order valence-electron chi connectivity index (χ2n) is 7.92. The van der Waals surface area contributed by atoms with E-state index < -0.39 is 18.2 Å². The molecule has 0 radical (unpaired) electrons. The molecule has 1 aliphatic carbocycles. The fourth-order valence-electron chi connectivity index (χ4n) is 4.22. The fourth-order valence-corrected chi connectivity index (χ4v) is 4.22. The van der Waals surface area contributed by atoms with Gasteiger partial charge in [-0.05, 0) is 56.5 Å². The number of amides is 1. The van der Waals surface area contributed by atoms with Gasteiger partial charge >= 0.3 is 0 Å². The van der Waals surface area contributed by atoms with Crippen molar-refractivity contribution >= 4 is 16.9 Å². The predicted molar refractivity (Wildman–Crippen MR) is 112 cm³/mol. The third kappa shape index (κ3) is 3.92. The topological polar surface area (TPSA) is 62.9 Å². The maximum atomic E-state index is 13.6. The molecule has 1 aromatic heterocycles. The Labute approximate surface area is 175 Å². The van der Waals surface area contributed by atoms with Crippen LogP contribution >= 0.6 is 0 Å². The number of nitrogens with zero attached hydrogens (tertiary/aromatic N) is 1. The molecule has 3 aromatic rings. The molecule has 0 aliphatic heterocycles. The minimum atomic E-state index is -0.830. The number of halogens is 1. The summed E-state index contributed by atoms with van der Waals surface area (Å²) in [6, 6.07) is 13.2. The van der Waals surface area contributed by atoms with Crippen molar-refractivity contribution in [2.24, 2.45) is 0 Å². The highest BCUT2D eigenvalue weighted by molar-refractivity contribution is 5.99. The van der Waals surface area contributed by atoms with Crippen LogP contribution in [0.5, 0.6) is 5.75 Å². The third-order valence-corrected chi connectivity index (χ3v) is 5.95. The van der Waals surface area contributed by atoms with Crippen LogP contribution in [0.25, 0.3) is 11.0 Å².